The molecule has 0 spiro atoms. The smallest absolute Gasteiger partial charge is 0.306 e. The molecule has 2 atom stereocenters. The van der Waals surface area contributed by atoms with Gasteiger partial charge in [0.1, 0.15) is 0 Å². The molecule has 3 rings (SSSR count). The van der Waals surface area contributed by atoms with Crippen LogP contribution in [0.25, 0.3) is 0 Å². The molecule has 0 fully saturated rings. The van der Waals surface area contributed by atoms with E-state index < -0.39 is 5.97 Å². The van der Waals surface area contributed by atoms with Crippen LogP contribution >= 0.6 is 9.24 Å². The molecule has 38 heavy (non-hydrogen) atoms. The summed E-state index contributed by atoms with van der Waals surface area (Å²) in [6.45, 7) is 4.00. The first kappa shape index (κ1) is 31.8. The first-order valence-corrected chi connectivity index (χ1v) is 15.5. The Hall–Kier alpha value is -2.44. The van der Waals surface area contributed by atoms with Gasteiger partial charge in [-0.05, 0) is 48.5 Å². The first-order chi connectivity index (χ1) is 18.6. The van der Waals surface area contributed by atoms with Gasteiger partial charge >= 0.3 is 5.97 Å². The highest BCUT2D eigenvalue weighted by atomic mass is 31.0. The Morgan fingerprint density at radius 3 is 1.47 bits per heavy atom. The van der Waals surface area contributed by atoms with Crippen LogP contribution in [0.1, 0.15) is 101 Å². The second-order valence-electron chi connectivity index (χ2n) is 10.2. The van der Waals surface area contributed by atoms with Crippen molar-refractivity contribution in [1.29, 1.82) is 0 Å². The predicted octanol–water partition coefficient (Wildman–Crippen LogP) is 9.91. The fourth-order valence-electron chi connectivity index (χ4n) is 5.30. The fraction of sp³-hybridized carbons (Fsp3) is 0.457. The van der Waals surface area contributed by atoms with Gasteiger partial charge in [-0.1, -0.05) is 150 Å². The third-order valence-electron chi connectivity index (χ3n) is 7.55. The minimum atomic E-state index is -0.643. The highest BCUT2D eigenvalue weighted by Crippen LogP contribution is 2.43. The number of carboxylic acids is 1. The lowest BCUT2D eigenvalue weighted by molar-refractivity contribution is -0.142. The lowest BCUT2D eigenvalue weighted by Gasteiger charge is -2.36. The van der Waals surface area contributed by atoms with Crippen LogP contribution in [0.2, 0.25) is 0 Å². The Kier molecular flexibility index (Phi) is 15.7. The van der Waals surface area contributed by atoms with Crippen LogP contribution in [0, 0.1) is 5.92 Å². The average molecular weight is 533 g/mol. The molecule has 0 saturated carbocycles. The van der Waals surface area contributed by atoms with Crippen LogP contribution in [0.5, 0.6) is 0 Å². The molecule has 1 N–H and O–H groups in total. The molecule has 3 aromatic carbocycles. The minimum absolute atomic E-state index is 0.0795. The summed E-state index contributed by atoms with van der Waals surface area (Å²) in [7, 11) is 2.84. The van der Waals surface area contributed by atoms with Gasteiger partial charge in [-0.2, -0.15) is 0 Å². The van der Waals surface area contributed by atoms with Gasteiger partial charge in [-0.3, -0.25) is 4.79 Å². The molecule has 0 amide bonds. The molecule has 2 unspecified atom stereocenters. The van der Waals surface area contributed by atoms with E-state index in [0.29, 0.717) is 0 Å². The summed E-state index contributed by atoms with van der Waals surface area (Å²) in [5.41, 5.74) is 4.12. The van der Waals surface area contributed by atoms with Gasteiger partial charge in [0, 0.05) is 5.41 Å². The van der Waals surface area contributed by atoms with Crippen molar-refractivity contribution in [3.63, 3.8) is 0 Å². The molecular formula is C35H49O2P. The summed E-state index contributed by atoms with van der Waals surface area (Å²) in [6.07, 6.45) is 14.1. The third-order valence-corrected chi connectivity index (χ3v) is 7.96. The largest absolute Gasteiger partial charge is 0.481 e. The number of benzene rings is 3. The molecule has 0 aliphatic heterocycles. The maximum atomic E-state index is 10.4. The zero-order chi connectivity index (χ0) is 27.5. The van der Waals surface area contributed by atoms with Crippen molar-refractivity contribution in [2.45, 2.75) is 89.9 Å². The van der Waals surface area contributed by atoms with Crippen molar-refractivity contribution in [2.75, 3.05) is 6.16 Å². The number of aliphatic carboxylic acids is 1. The summed E-state index contributed by atoms with van der Waals surface area (Å²) in [5.74, 6) is -0.754. The molecular weight excluding hydrogens is 483 g/mol. The van der Waals surface area contributed by atoms with Gasteiger partial charge in [0.25, 0.3) is 0 Å². The van der Waals surface area contributed by atoms with Crippen LogP contribution in [-0.4, -0.2) is 17.2 Å². The number of unbranched alkanes of at least 4 members (excludes halogenated alkanes) is 6. The molecule has 0 aliphatic carbocycles. The van der Waals surface area contributed by atoms with E-state index in [9.17, 15) is 4.79 Å². The van der Waals surface area contributed by atoms with Gasteiger partial charge in [0.05, 0.1) is 5.92 Å². The molecule has 0 radical (unpaired) electrons. The lowest BCUT2D eigenvalue weighted by atomic mass is 9.66. The Morgan fingerprint density at radius 2 is 1.11 bits per heavy atom. The van der Waals surface area contributed by atoms with E-state index in [0.717, 1.165) is 32.1 Å². The van der Waals surface area contributed by atoms with Crippen LogP contribution in [0.15, 0.2) is 91.0 Å². The third kappa shape index (κ3) is 10.0. The highest BCUT2D eigenvalue weighted by molar-refractivity contribution is 7.16. The Balaban J connectivity index is 0.000000432. The highest BCUT2D eigenvalue weighted by Gasteiger charge is 2.35. The molecule has 2 nitrogen and oxygen atoms in total. The zero-order valence-electron chi connectivity index (χ0n) is 23.7. The molecule has 0 saturated heterocycles. The van der Waals surface area contributed by atoms with E-state index >= 15 is 0 Å². The summed E-state index contributed by atoms with van der Waals surface area (Å²) < 4.78 is 0. The fourth-order valence-corrected chi connectivity index (χ4v) is 5.58. The second kappa shape index (κ2) is 18.8. The predicted molar refractivity (Wildman–Crippen MR) is 167 cm³/mol. The Bertz CT molecular complexity index is 892. The molecule has 0 heterocycles. The van der Waals surface area contributed by atoms with E-state index in [1.165, 1.54) is 61.4 Å². The van der Waals surface area contributed by atoms with Crippen molar-refractivity contribution in [3.05, 3.63) is 108 Å². The molecule has 3 heteroatoms. The van der Waals surface area contributed by atoms with Gasteiger partial charge in [0.15, 0.2) is 0 Å². The molecule has 206 valence electrons. The van der Waals surface area contributed by atoms with Gasteiger partial charge in [0.2, 0.25) is 0 Å². The number of hydrogen-bond acceptors (Lipinski definition) is 1. The van der Waals surface area contributed by atoms with Crippen molar-refractivity contribution < 1.29 is 9.90 Å². The normalized spacial score (nSPS) is 11.9. The molecule has 3 aromatic rings. The summed E-state index contributed by atoms with van der Waals surface area (Å²) in [4.78, 5) is 10.4. The van der Waals surface area contributed by atoms with Crippen molar-refractivity contribution in [2.24, 2.45) is 5.92 Å². The summed E-state index contributed by atoms with van der Waals surface area (Å²) in [6, 6.07) is 33.3. The minimum Gasteiger partial charge on any atom is -0.481 e. The SMILES string of the molecule is CCCCC(CC)C(=O)O.PCCCCCCCCC(c1ccccc1)(c1ccccc1)c1ccccc1. The van der Waals surface area contributed by atoms with Crippen molar-refractivity contribution in [1.82, 2.24) is 0 Å². The monoisotopic (exact) mass is 532 g/mol. The van der Waals surface area contributed by atoms with Crippen LogP contribution in [0.3, 0.4) is 0 Å². The van der Waals surface area contributed by atoms with E-state index in [-0.39, 0.29) is 11.3 Å². The lowest BCUT2D eigenvalue weighted by Crippen LogP contribution is -2.29. The van der Waals surface area contributed by atoms with Gasteiger partial charge in [-0.25, -0.2) is 0 Å². The zero-order valence-corrected chi connectivity index (χ0v) is 24.8. The van der Waals surface area contributed by atoms with Gasteiger partial charge < -0.3 is 5.11 Å². The van der Waals surface area contributed by atoms with Crippen LogP contribution in [-0.2, 0) is 10.2 Å². The number of carbonyl (C=O) groups is 1. The standard InChI is InChI=1S/C27H33P.C8H16O2/c28-23-15-4-2-1-3-14-22-27(24-16-8-5-9-17-24,25-18-10-6-11-19-25)26-20-12-7-13-21-26;1-3-5-6-7(4-2)8(9)10/h5-13,16-21H,1-4,14-15,22-23,28H2;7H,3-6H2,1-2H3,(H,9,10). The number of hydrogen-bond donors (Lipinski definition) is 1. The molecule has 0 aliphatic rings. The van der Waals surface area contributed by atoms with Gasteiger partial charge in [-0.15, -0.1) is 9.24 Å². The number of carboxylic acid groups (broad SMARTS) is 1. The summed E-state index contributed by atoms with van der Waals surface area (Å²) >= 11 is 0. The quantitative estimate of drug-likeness (QED) is 0.113. The van der Waals surface area contributed by atoms with E-state index in [1.807, 2.05) is 6.92 Å². The molecule has 0 aromatic heterocycles. The maximum Gasteiger partial charge on any atom is 0.306 e. The Labute approximate surface area is 234 Å². The Morgan fingerprint density at radius 1 is 0.684 bits per heavy atom. The van der Waals surface area contributed by atoms with Crippen molar-refractivity contribution in [3.8, 4) is 0 Å². The van der Waals surface area contributed by atoms with E-state index in [4.69, 9.17) is 5.11 Å². The first-order valence-electron chi connectivity index (χ1n) is 14.7. The second-order valence-corrected chi connectivity index (χ2v) is 10.8. The topological polar surface area (TPSA) is 37.3 Å². The number of rotatable bonds is 16. The van der Waals surface area contributed by atoms with E-state index in [2.05, 4.69) is 107 Å². The van der Waals surface area contributed by atoms with Crippen molar-refractivity contribution >= 4 is 15.2 Å². The van der Waals surface area contributed by atoms with E-state index in [1.54, 1.807) is 0 Å². The molecule has 0 bridgehead atoms. The van der Waals surface area contributed by atoms with Crippen LogP contribution < -0.4 is 0 Å². The van der Waals surface area contributed by atoms with Crippen LogP contribution in [0.4, 0.5) is 0 Å². The maximum absolute atomic E-state index is 10.4. The summed E-state index contributed by atoms with van der Waals surface area (Å²) in [5, 5.41) is 8.60. The average Bonchev–Trinajstić information content (AvgIpc) is 2.97.